The van der Waals surface area contributed by atoms with Gasteiger partial charge in [-0.3, -0.25) is 0 Å². The molecular formula is C7H8BrN3O. The van der Waals surface area contributed by atoms with E-state index in [0.717, 1.165) is 5.56 Å². The lowest BCUT2D eigenvalue weighted by Crippen LogP contribution is -1.95. The molecule has 1 aromatic heterocycles. The van der Waals surface area contributed by atoms with E-state index in [2.05, 4.69) is 25.9 Å². The molecule has 0 amide bonds. The molecule has 1 aromatic rings. The van der Waals surface area contributed by atoms with Crippen molar-refractivity contribution in [3.8, 4) is 0 Å². The van der Waals surface area contributed by atoms with Crippen LogP contribution in [0.4, 0.5) is 5.82 Å². The smallest absolute Gasteiger partial charge is 0.135 e. The molecule has 0 fully saturated rings. The molecule has 0 aliphatic heterocycles. The fraction of sp³-hybridized carbons (Fsp3) is 0.143. The highest BCUT2D eigenvalue weighted by Crippen LogP contribution is 2.18. The van der Waals surface area contributed by atoms with Crippen LogP contribution in [-0.2, 0) is 4.74 Å². The zero-order valence-electron chi connectivity index (χ0n) is 6.49. The van der Waals surface area contributed by atoms with E-state index in [4.69, 9.17) is 10.5 Å². The van der Waals surface area contributed by atoms with Crippen LogP contribution >= 0.6 is 15.9 Å². The fourth-order valence-corrected chi connectivity index (χ4v) is 1.10. The second kappa shape index (κ2) is 4.06. The van der Waals surface area contributed by atoms with Crippen LogP contribution in [0.25, 0.3) is 6.08 Å². The van der Waals surface area contributed by atoms with Crippen LogP contribution in [0.5, 0.6) is 0 Å². The second-order valence-corrected chi connectivity index (χ2v) is 2.75. The number of nitrogens with zero attached hydrogens (tertiary/aromatic N) is 2. The van der Waals surface area contributed by atoms with E-state index in [1.807, 2.05) is 0 Å². The Morgan fingerprint density at radius 1 is 1.58 bits per heavy atom. The first-order valence-corrected chi connectivity index (χ1v) is 4.00. The van der Waals surface area contributed by atoms with Gasteiger partial charge in [0.25, 0.3) is 0 Å². The van der Waals surface area contributed by atoms with Crippen molar-refractivity contribution in [1.29, 1.82) is 0 Å². The summed E-state index contributed by atoms with van der Waals surface area (Å²) in [5.74, 6) is 0.421. The predicted octanol–water partition coefficient (Wildman–Crippen LogP) is 1.44. The highest BCUT2D eigenvalue weighted by Gasteiger charge is 2.01. The number of anilines is 1. The molecule has 0 unspecified atom stereocenters. The minimum atomic E-state index is 0.421. The Balaban J connectivity index is 3.04. The number of halogens is 1. The Hall–Kier alpha value is -1.10. The summed E-state index contributed by atoms with van der Waals surface area (Å²) in [6.07, 6.45) is 4.60. The largest absolute Gasteiger partial charge is 0.504 e. The molecule has 0 aliphatic rings. The van der Waals surface area contributed by atoms with Crippen LogP contribution in [0.2, 0.25) is 0 Å². The lowest BCUT2D eigenvalue weighted by atomic mass is 10.3. The summed E-state index contributed by atoms with van der Waals surface area (Å²) >= 11 is 3.24. The average Bonchev–Trinajstić information content (AvgIpc) is 2.04. The van der Waals surface area contributed by atoms with E-state index in [-0.39, 0.29) is 0 Å². The SMILES string of the molecule is COC=Cc1c(N)ncnc1Br. The summed E-state index contributed by atoms with van der Waals surface area (Å²) in [4.78, 5) is 7.73. The summed E-state index contributed by atoms with van der Waals surface area (Å²) in [5, 5.41) is 0. The number of hydrogen-bond donors (Lipinski definition) is 1. The number of methoxy groups -OCH3 is 1. The van der Waals surface area contributed by atoms with Crippen molar-refractivity contribution in [2.45, 2.75) is 0 Å². The normalized spacial score (nSPS) is 10.5. The zero-order valence-corrected chi connectivity index (χ0v) is 8.08. The van der Waals surface area contributed by atoms with Gasteiger partial charge in [0.15, 0.2) is 0 Å². The van der Waals surface area contributed by atoms with Crippen molar-refractivity contribution in [2.24, 2.45) is 0 Å². The first-order chi connectivity index (χ1) is 5.75. The molecule has 0 saturated carbocycles. The van der Waals surface area contributed by atoms with E-state index >= 15 is 0 Å². The highest BCUT2D eigenvalue weighted by atomic mass is 79.9. The molecule has 1 heterocycles. The number of ether oxygens (including phenoxy) is 1. The molecule has 0 atom stereocenters. The molecule has 4 nitrogen and oxygen atoms in total. The molecule has 5 heteroatoms. The Labute approximate surface area is 78.6 Å². The Kier molecular flexibility index (Phi) is 3.04. The quantitative estimate of drug-likeness (QED) is 0.616. The van der Waals surface area contributed by atoms with Gasteiger partial charge in [0.2, 0.25) is 0 Å². The zero-order chi connectivity index (χ0) is 8.97. The van der Waals surface area contributed by atoms with Gasteiger partial charge >= 0.3 is 0 Å². The van der Waals surface area contributed by atoms with Crippen LogP contribution in [0.15, 0.2) is 17.2 Å². The fourth-order valence-electron chi connectivity index (χ4n) is 0.677. The number of rotatable bonds is 2. The van der Waals surface area contributed by atoms with Crippen LogP contribution in [0, 0.1) is 0 Å². The summed E-state index contributed by atoms with van der Waals surface area (Å²) in [6, 6.07) is 0. The van der Waals surface area contributed by atoms with Gasteiger partial charge in [-0.15, -0.1) is 0 Å². The lowest BCUT2D eigenvalue weighted by molar-refractivity contribution is 0.341. The summed E-state index contributed by atoms with van der Waals surface area (Å²) in [7, 11) is 1.56. The molecule has 0 aliphatic carbocycles. The molecule has 0 spiro atoms. The molecule has 1 rings (SSSR count). The van der Waals surface area contributed by atoms with Gasteiger partial charge in [0.05, 0.1) is 18.9 Å². The van der Waals surface area contributed by atoms with E-state index in [9.17, 15) is 0 Å². The van der Waals surface area contributed by atoms with Gasteiger partial charge in [0, 0.05) is 0 Å². The third-order valence-electron chi connectivity index (χ3n) is 1.24. The highest BCUT2D eigenvalue weighted by molar-refractivity contribution is 9.10. The Morgan fingerprint density at radius 3 is 2.92 bits per heavy atom. The maximum Gasteiger partial charge on any atom is 0.135 e. The third kappa shape index (κ3) is 1.94. The van der Waals surface area contributed by atoms with E-state index in [1.165, 1.54) is 12.6 Å². The molecule has 0 radical (unpaired) electrons. The predicted molar refractivity (Wildman–Crippen MR) is 50.2 cm³/mol. The van der Waals surface area contributed by atoms with Crippen LogP contribution in [-0.4, -0.2) is 17.1 Å². The van der Waals surface area contributed by atoms with Crippen molar-refractivity contribution in [3.05, 3.63) is 22.8 Å². The number of aromatic nitrogens is 2. The lowest BCUT2D eigenvalue weighted by Gasteiger charge is -1.99. The number of nitrogens with two attached hydrogens (primary N) is 1. The monoisotopic (exact) mass is 229 g/mol. The number of nitrogen functional groups attached to an aromatic ring is 1. The average molecular weight is 230 g/mol. The van der Waals surface area contributed by atoms with Gasteiger partial charge in [-0.25, -0.2) is 9.97 Å². The summed E-state index contributed by atoms with van der Waals surface area (Å²) < 4.78 is 5.40. The van der Waals surface area contributed by atoms with Crippen LogP contribution in [0.1, 0.15) is 5.56 Å². The molecule has 12 heavy (non-hydrogen) atoms. The second-order valence-electron chi connectivity index (χ2n) is 2.00. The van der Waals surface area contributed by atoms with Crippen molar-refractivity contribution >= 4 is 27.8 Å². The van der Waals surface area contributed by atoms with Crippen LogP contribution < -0.4 is 5.73 Å². The Morgan fingerprint density at radius 2 is 2.33 bits per heavy atom. The summed E-state index contributed by atoms with van der Waals surface area (Å²) in [5.41, 5.74) is 6.30. The first kappa shape index (κ1) is 8.99. The minimum absolute atomic E-state index is 0.421. The van der Waals surface area contributed by atoms with Gasteiger partial charge < -0.3 is 10.5 Å². The standard InChI is InChI=1S/C7H8BrN3O/c1-12-3-2-5-6(8)10-4-11-7(5)9/h2-4H,1H3,(H2,9,10,11). The maximum atomic E-state index is 5.57. The topological polar surface area (TPSA) is 61.0 Å². The number of hydrogen-bond acceptors (Lipinski definition) is 4. The minimum Gasteiger partial charge on any atom is -0.504 e. The van der Waals surface area contributed by atoms with Crippen molar-refractivity contribution in [2.75, 3.05) is 12.8 Å². The van der Waals surface area contributed by atoms with Gasteiger partial charge in [-0.2, -0.15) is 0 Å². The molecule has 64 valence electrons. The van der Waals surface area contributed by atoms with Crippen molar-refractivity contribution < 1.29 is 4.74 Å². The van der Waals surface area contributed by atoms with Crippen molar-refractivity contribution in [1.82, 2.24) is 9.97 Å². The molecule has 0 aromatic carbocycles. The third-order valence-corrected chi connectivity index (χ3v) is 1.87. The van der Waals surface area contributed by atoms with E-state index in [0.29, 0.717) is 10.4 Å². The molecule has 0 bridgehead atoms. The maximum absolute atomic E-state index is 5.57. The van der Waals surface area contributed by atoms with Gasteiger partial charge in [-0.05, 0) is 22.0 Å². The summed E-state index contributed by atoms with van der Waals surface area (Å²) in [6.45, 7) is 0. The van der Waals surface area contributed by atoms with Crippen LogP contribution in [0.3, 0.4) is 0 Å². The van der Waals surface area contributed by atoms with E-state index in [1.54, 1.807) is 13.2 Å². The van der Waals surface area contributed by atoms with Gasteiger partial charge in [-0.1, -0.05) is 0 Å². The van der Waals surface area contributed by atoms with E-state index < -0.39 is 0 Å². The molecule has 0 saturated heterocycles. The molecule has 2 N–H and O–H groups in total. The van der Waals surface area contributed by atoms with Gasteiger partial charge in [0.1, 0.15) is 16.7 Å². The first-order valence-electron chi connectivity index (χ1n) is 3.21. The molecular weight excluding hydrogens is 222 g/mol. The van der Waals surface area contributed by atoms with Crippen molar-refractivity contribution in [3.63, 3.8) is 0 Å². The Bertz CT molecular complexity index is 280.